The van der Waals surface area contributed by atoms with E-state index in [0.717, 1.165) is 10.9 Å². The van der Waals surface area contributed by atoms with Gasteiger partial charge in [-0.15, -0.1) is 5.10 Å². The summed E-state index contributed by atoms with van der Waals surface area (Å²) in [6.07, 6.45) is -0.492. The third-order valence-electron chi connectivity index (χ3n) is 4.68. The number of rotatable bonds is 9. The largest absolute Gasteiger partial charge is 0.488 e. The van der Waals surface area contributed by atoms with Crippen LogP contribution in [-0.2, 0) is 14.6 Å². The molecule has 186 valence electrons. The van der Waals surface area contributed by atoms with E-state index >= 15 is 0 Å². The Morgan fingerprint density at radius 2 is 1.74 bits per heavy atom. The third kappa shape index (κ3) is 6.80. The number of benzene rings is 2. The lowest BCUT2D eigenvalue weighted by Crippen LogP contribution is -2.19. The molecule has 0 unspecified atom stereocenters. The second-order valence-corrected chi connectivity index (χ2v) is 9.76. The van der Waals surface area contributed by atoms with Crippen LogP contribution in [0.1, 0.15) is 23.0 Å². The van der Waals surface area contributed by atoms with Gasteiger partial charge in [-0.05, 0) is 50.2 Å². The summed E-state index contributed by atoms with van der Waals surface area (Å²) >= 11 is 0. The molecular formula is C23H25N3O8S. The van der Waals surface area contributed by atoms with Crippen molar-refractivity contribution in [2.75, 3.05) is 25.3 Å². The SMILES string of the molecule is COC[C@H](C)Oc1cc(Oc2ccc(S(C)(=O)=O)cc2)cc(C(=O)Nc2cc(C)n(C(=O)O)n2)c1. The number of methoxy groups -OCH3 is 1. The maximum Gasteiger partial charge on any atom is 0.432 e. The highest BCUT2D eigenvalue weighted by Crippen LogP contribution is 2.29. The molecule has 1 aromatic heterocycles. The van der Waals surface area contributed by atoms with E-state index in [4.69, 9.17) is 19.3 Å². The molecule has 0 aliphatic heterocycles. The van der Waals surface area contributed by atoms with E-state index in [1.807, 2.05) is 0 Å². The van der Waals surface area contributed by atoms with Crippen LogP contribution in [0.3, 0.4) is 0 Å². The molecule has 0 saturated carbocycles. The summed E-state index contributed by atoms with van der Waals surface area (Å²) in [6, 6.07) is 11.8. The lowest BCUT2D eigenvalue weighted by atomic mass is 10.2. The molecule has 1 atom stereocenters. The zero-order valence-electron chi connectivity index (χ0n) is 19.5. The van der Waals surface area contributed by atoms with Gasteiger partial charge in [-0.3, -0.25) is 4.79 Å². The Labute approximate surface area is 202 Å². The lowest BCUT2D eigenvalue weighted by Gasteiger charge is -2.16. The van der Waals surface area contributed by atoms with Crippen LogP contribution in [0.5, 0.6) is 17.2 Å². The summed E-state index contributed by atoms with van der Waals surface area (Å²) in [6.45, 7) is 3.65. The summed E-state index contributed by atoms with van der Waals surface area (Å²) in [5.74, 6) is 0.436. The number of sulfone groups is 1. The number of aryl methyl sites for hydroxylation is 1. The molecule has 0 aliphatic carbocycles. The number of carbonyl (C=O) groups excluding carboxylic acids is 1. The predicted octanol–water partition coefficient (Wildman–Crippen LogP) is 3.58. The Morgan fingerprint density at radius 1 is 1.09 bits per heavy atom. The fraction of sp³-hybridized carbons (Fsp3) is 0.261. The lowest BCUT2D eigenvalue weighted by molar-refractivity contribution is 0.0915. The molecule has 0 radical (unpaired) electrons. The first-order chi connectivity index (χ1) is 16.5. The van der Waals surface area contributed by atoms with Crippen LogP contribution in [0, 0.1) is 6.92 Å². The van der Waals surface area contributed by atoms with Gasteiger partial charge in [0.05, 0.1) is 11.5 Å². The predicted molar refractivity (Wildman–Crippen MR) is 126 cm³/mol. The van der Waals surface area contributed by atoms with Gasteiger partial charge in [0.1, 0.15) is 23.4 Å². The summed E-state index contributed by atoms with van der Waals surface area (Å²) in [5, 5.41) is 15.5. The van der Waals surface area contributed by atoms with Crippen LogP contribution in [0.25, 0.3) is 0 Å². The summed E-state index contributed by atoms with van der Waals surface area (Å²) < 4.78 is 40.9. The van der Waals surface area contributed by atoms with Gasteiger partial charge in [0, 0.05) is 36.8 Å². The van der Waals surface area contributed by atoms with Crippen LogP contribution in [-0.4, -0.2) is 61.4 Å². The normalized spacial score (nSPS) is 12.1. The van der Waals surface area contributed by atoms with Crippen LogP contribution in [0.4, 0.5) is 10.6 Å². The Kier molecular flexibility index (Phi) is 7.77. The minimum atomic E-state index is -3.36. The van der Waals surface area contributed by atoms with E-state index in [0.29, 0.717) is 23.8 Å². The quantitative estimate of drug-likeness (QED) is 0.447. The third-order valence-corrected chi connectivity index (χ3v) is 5.81. The zero-order chi connectivity index (χ0) is 25.8. The molecule has 12 heteroatoms. The Bertz CT molecular complexity index is 1330. The fourth-order valence-electron chi connectivity index (χ4n) is 3.14. The number of hydrogen-bond acceptors (Lipinski definition) is 8. The van der Waals surface area contributed by atoms with Gasteiger partial charge in [-0.25, -0.2) is 13.2 Å². The molecular weight excluding hydrogens is 478 g/mol. The van der Waals surface area contributed by atoms with Crippen molar-refractivity contribution >= 4 is 27.7 Å². The minimum Gasteiger partial charge on any atom is -0.488 e. The van der Waals surface area contributed by atoms with Crippen LogP contribution < -0.4 is 14.8 Å². The summed E-state index contributed by atoms with van der Waals surface area (Å²) in [7, 11) is -1.82. The highest BCUT2D eigenvalue weighted by atomic mass is 32.2. The first kappa shape index (κ1) is 25.7. The van der Waals surface area contributed by atoms with Crippen LogP contribution >= 0.6 is 0 Å². The average Bonchev–Trinajstić information content (AvgIpc) is 3.13. The van der Waals surface area contributed by atoms with Gasteiger partial charge in [0.15, 0.2) is 15.7 Å². The molecule has 0 bridgehead atoms. The van der Waals surface area contributed by atoms with E-state index in [-0.39, 0.29) is 28.1 Å². The highest BCUT2D eigenvalue weighted by molar-refractivity contribution is 7.90. The molecule has 3 aromatic rings. The zero-order valence-corrected chi connectivity index (χ0v) is 20.3. The van der Waals surface area contributed by atoms with Crippen molar-refractivity contribution in [1.29, 1.82) is 0 Å². The number of nitrogens with zero attached hydrogens (tertiary/aromatic N) is 2. The van der Waals surface area contributed by atoms with E-state index in [9.17, 15) is 18.0 Å². The topological polar surface area (TPSA) is 146 Å². The molecule has 0 saturated heterocycles. The van der Waals surface area contributed by atoms with Gasteiger partial charge >= 0.3 is 6.09 Å². The van der Waals surface area contributed by atoms with Crippen molar-refractivity contribution in [3.63, 3.8) is 0 Å². The molecule has 1 heterocycles. The van der Waals surface area contributed by atoms with Crippen molar-refractivity contribution in [2.24, 2.45) is 0 Å². The van der Waals surface area contributed by atoms with Crippen LogP contribution in [0.2, 0.25) is 0 Å². The smallest absolute Gasteiger partial charge is 0.432 e. The molecule has 0 aliphatic rings. The first-order valence-electron chi connectivity index (χ1n) is 10.4. The van der Waals surface area contributed by atoms with E-state index < -0.39 is 21.8 Å². The van der Waals surface area contributed by atoms with Gasteiger partial charge in [-0.1, -0.05) is 0 Å². The first-order valence-corrected chi connectivity index (χ1v) is 12.3. The monoisotopic (exact) mass is 503 g/mol. The van der Waals surface area contributed by atoms with Gasteiger partial charge in [0.25, 0.3) is 5.91 Å². The molecule has 3 rings (SSSR count). The Morgan fingerprint density at radius 3 is 2.31 bits per heavy atom. The number of carboxylic acid groups (broad SMARTS) is 1. The molecule has 1 amide bonds. The number of hydrogen-bond donors (Lipinski definition) is 2. The molecule has 2 aromatic carbocycles. The molecule has 2 N–H and O–H groups in total. The molecule has 0 fully saturated rings. The number of amides is 1. The molecule has 35 heavy (non-hydrogen) atoms. The standard InChI is InChI=1S/C23H25N3O8S/c1-14-9-21(25-26(14)23(28)29)24-22(27)16-10-18(33-15(2)13-32-3)12-19(11-16)34-17-5-7-20(8-6-17)35(4,30)31/h5-12,15H,13H2,1-4H3,(H,28,29)(H,24,25,27)/t15-/m0/s1. The van der Waals surface area contributed by atoms with E-state index in [1.54, 1.807) is 19.9 Å². The van der Waals surface area contributed by atoms with E-state index in [2.05, 4.69) is 10.4 Å². The van der Waals surface area contributed by atoms with Gasteiger partial charge in [0.2, 0.25) is 0 Å². The summed E-state index contributed by atoms with van der Waals surface area (Å²) in [4.78, 5) is 24.3. The molecule has 11 nitrogen and oxygen atoms in total. The van der Waals surface area contributed by atoms with Gasteiger partial charge in [-0.2, -0.15) is 4.68 Å². The fourth-order valence-corrected chi connectivity index (χ4v) is 3.77. The molecule has 0 spiro atoms. The Balaban J connectivity index is 1.89. The van der Waals surface area contributed by atoms with Crippen molar-refractivity contribution in [3.8, 4) is 17.2 Å². The number of ether oxygens (including phenoxy) is 3. The average molecular weight is 504 g/mol. The van der Waals surface area contributed by atoms with Crippen LogP contribution in [0.15, 0.2) is 53.4 Å². The minimum absolute atomic E-state index is 0.0628. The number of aromatic nitrogens is 2. The van der Waals surface area contributed by atoms with Crippen molar-refractivity contribution in [2.45, 2.75) is 24.8 Å². The second kappa shape index (κ2) is 10.6. The van der Waals surface area contributed by atoms with Crippen molar-refractivity contribution < 1.29 is 37.3 Å². The summed E-state index contributed by atoms with van der Waals surface area (Å²) in [5.41, 5.74) is 0.497. The number of anilines is 1. The van der Waals surface area contributed by atoms with Crippen molar-refractivity contribution in [3.05, 3.63) is 59.8 Å². The van der Waals surface area contributed by atoms with Crippen molar-refractivity contribution in [1.82, 2.24) is 9.78 Å². The van der Waals surface area contributed by atoms with E-state index in [1.165, 1.54) is 49.6 Å². The maximum atomic E-state index is 12.9. The number of nitrogens with one attached hydrogen (secondary N) is 1. The highest BCUT2D eigenvalue weighted by Gasteiger charge is 2.16. The maximum absolute atomic E-state index is 12.9. The number of carbonyl (C=O) groups is 2. The second-order valence-electron chi connectivity index (χ2n) is 7.74. The van der Waals surface area contributed by atoms with Gasteiger partial charge < -0.3 is 24.6 Å². The Hall–Kier alpha value is -3.90.